The molecule has 0 bridgehead atoms. The number of hydrogen-bond donors (Lipinski definition) is 2. The van der Waals surface area contributed by atoms with E-state index in [-0.39, 0.29) is 6.61 Å². The third-order valence-corrected chi connectivity index (χ3v) is 2.53. The van der Waals surface area contributed by atoms with Gasteiger partial charge in [-0.3, -0.25) is 0 Å². The van der Waals surface area contributed by atoms with E-state index < -0.39 is 5.60 Å². The molecule has 1 aromatic rings. The fourth-order valence-corrected chi connectivity index (χ4v) is 1.37. The molecule has 0 aliphatic carbocycles. The van der Waals surface area contributed by atoms with Gasteiger partial charge in [0.2, 0.25) is 0 Å². The Morgan fingerprint density at radius 1 is 1.29 bits per heavy atom. The van der Waals surface area contributed by atoms with Crippen molar-refractivity contribution in [1.82, 2.24) is 0 Å². The molecule has 0 aromatic heterocycles. The van der Waals surface area contributed by atoms with Crippen LogP contribution in [0.4, 0.5) is 0 Å². The number of aliphatic hydroxyl groups excluding tert-OH is 1. The molecule has 0 radical (unpaired) electrons. The van der Waals surface area contributed by atoms with Crippen molar-refractivity contribution in [1.29, 1.82) is 0 Å². The summed E-state index contributed by atoms with van der Waals surface area (Å²) in [5.41, 5.74) is 1.52. The Labute approximate surface area is 85.2 Å². The van der Waals surface area contributed by atoms with Crippen molar-refractivity contribution in [2.24, 2.45) is 0 Å². The Hall–Kier alpha value is -0.860. The zero-order valence-corrected chi connectivity index (χ0v) is 8.83. The van der Waals surface area contributed by atoms with Gasteiger partial charge in [0, 0.05) is 0 Å². The summed E-state index contributed by atoms with van der Waals surface area (Å²) in [4.78, 5) is 0. The van der Waals surface area contributed by atoms with Gasteiger partial charge >= 0.3 is 0 Å². The van der Waals surface area contributed by atoms with Gasteiger partial charge in [-0.25, -0.2) is 0 Å². The van der Waals surface area contributed by atoms with E-state index in [0.717, 1.165) is 6.42 Å². The molecule has 14 heavy (non-hydrogen) atoms. The Kier molecular flexibility index (Phi) is 3.67. The van der Waals surface area contributed by atoms with E-state index in [1.807, 2.05) is 12.1 Å². The fraction of sp³-hybridized carbons (Fsp3) is 0.500. The maximum absolute atomic E-state index is 9.63. The van der Waals surface area contributed by atoms with Crippen molar-refractivity contribution >= 4 is 0 Å². The van der Waals surface area contributed by atoms with Crippen LogP contribution in [0.3, 0.4) is 0 Å². The third kappa shape index (κ3) is 3.13. The quantitative estimate of drug-likeness (QED) is 0.765. The maximum atomic E-state index is 9.63. The Bertz CT molecular complexity index is 292. The molecule has 0 heterocycles. The zero-order chi connectivity index (χ0) is 10.6. The van der Waals surface area contributed by atoms with Gasteiger partial charge in [0.25, 0.3) is 0 Å². The lowest BCUT2D eigenvalue weighted by Crippen LogP contribution is -2.29. The van der Waals surface area contributed by atoms with Gasteiger partial charge in [0.15, 0.2) is 0 Å². The molecule has 1 rings (SSSR count). The highest BCUT2D eigenvalue weighted by Crippen LogP contribution is 2.15. The average Bonchev–Trinajstić information content (AvgIpc) is 2.17. The number of aliphatic hydroxyl groups is 2. The maximum Gasteiger partial charge on any atom is 0.0852 e. The first-order chi connectivity index (χ1) is 6.55. The van der Waals surface area contributed by atoms with E-state index in [0.29, 0.717) is 6.42 Å². The van der Waals surface area contributed by atoms with Gasteiger partial charge < -0.3 is 10.2 Å². The lowest BCUT2D eigenvalue weighted by molar-refractivity contribution is -0.00476. The minimum Gasteiger partial charge on any atom is -0.393 e. The third-order valence-electron chi connectivity index (χ3n) is 2.53. The van der Waals surface area contributed by atoms with Crippen LogP contribution in [-0.4, -0.2) is 22.4 Å². The van der Waals surface area contributed by atoms with E-state index in [1.54, 1.807) is 6.92 Å². The second kappa shape index (κ2) is 4.58. The van der Waals surface area contributed by atoms with Gasteiger partial charge in [-0.15, -0.1) is 0 Å². The summed E-state index contributed by atoms with van der Waals surface area (Å²) in [6, 6.07) is 8.12. The van der Waals surface area contributed by atoms with Crippen LogP contribution in [0, 0.1) is 6.92 Å². The second-order valence-corrected chi connectivity index (χ2v) is 4.08. The number of rotatable bonds is 4. The molecular weight excluding hydrogens is 176 g/mol. The Morgan fingerprint density at radius 2 is 1.93 bits per heavy atom. The second-order valence-electron chi connectivity index (χ2n) is 4.08. The van der Waals surface area contributed by atoms with Gasteiger partial charge in [-0.1, -0.05) is 24.3 Å². The Balaban J connectivity index is 2.58. The normalized spacial score (nSPS) is 15.1. The molecule has 1 atom stereocenters. The van der Waals surface area contributed by atoms with E-state index in [4.69, 9.17) is 5.11 Å². The van der Waals surface area contributed by atoms with Gasteiger partial charge in [-0.05, 0) is 37.8 Å². The molecule has 0 fully saturated rings. The summed E-state index contributed by atoms with van der Waals surface area (Å²) in [6.07, 6.45) is 1.40. The Morgan fingerprint density at radius 3 is 2.50 bits per heavy atom. The molecule has 2 heteroatoms. The standard InChI is InChI=1S/C12H18O2/c1-10-5-3-4-6-11(10)7-8-12(2,14)9-13/h3-6,13-14H,7-9H2,1-2H3. The lowest BCUT2D eigenvalue weighted by atomic mass is 9.95. The number of hydrogen-bond acceptors (Lipinski definition) is 2. The SMILES string of the molecule is Cc1ccccc1CCC(C)(O)CO. The molecule has 78 valence electrons. The molecule has 2 nitrogen and oxygen atoms in total. The van der Waals surface area contributed by atoms with E-state index in [1.165, 1.54) is 11.1 Å². The summed E-state index contributed by atoms with van der Waals surface area (Å²) >= 11 is 0. The van der Waals surface area contributed by atoms with Crippen molar-refractivity contribution in [3.63, 3.8) is 0 Å². The van der Waals surface area contributed by atoms with E-state index in [2.05, 4.69) is 19.1 Å². The van der Waals surface area contributed by atoms with Crippen molar-refractivity contribution in [3.05, 3.63) is 35.4 Å². The highest BCUT2D eigenvalue weighted by atomic mass is 16.3. The van der Waals surface area contributed by atoms with Crippen molar-refractivity contribution in [2.75, 3.05) is 6.61 Å². The topological polar surface area (TPSA) is 40.5 Å². The van der Waals surface area contributed by atoms with Gasteiger partial charge in [0.05, 0.1) is 12.2 Å². The molecular formula is C12H18O2. The first-order valence-corrected chi connectivity index (χ1v) is 4.93. The van der Waals surface area contributed by atoms with Gasteiger partial charge in [0.1, 0.15) is 0 Å². The van der Waals surface area contributed by atoms with E-state index >= 15 is 0 Å². The van der Waals surface area contributed by atoms with Crippen molar-refractivity contribution < 1.29 is 10.2 Å². The van der Waals surface area contributed by atoms with Crippen LogP contribution in [0.15, 0.2) is 24.3 Å². The first kappa shape index (κ1) is 11.2. The largest absolute Gasteiger partial charge is 0.393 e. The zero-order valence-electron chi connectivity index (χ0n) is 8.83. The lowest BCUT2D eigenvalue weighted by Gasteiger charge is -2.20. The minimum absolute atomic E-state index is 0.182. The molecule has 0 spiro atoms. The summed E-state index contributed by atoms with van der Waals surface area (Å²) in [5, 5.41) is 18.5. The van der Waals surface area contributed by atoms with Crippen LogP contribution >= 0.6 is 0 Å². The molecule has 0 aliphatic rings. The molecule has 0 saturated heterocycles. The number of aryl methyl sites for hydroxylation is 2. The van der Waals surface area contributed by atoms with Crippen LogP contribution in [-0.2, 0) is 6.42 Å². The van der Waals surface area contributed by atoms with Crippen molar-refractivity contribution in [2.45, 2.75) is 32.3 Å². The average molecular weight is 194 g/mol. The van der Waals surface area contributed by atoms with Crippen molar-refractivity contribution in [3.8, 4) is 0 Å². The highest BCUT2D eigenvalue weighted by Gasteiger charge is 2.18. The van der Waals surface area contributed by atoms with Crippen LogP contribution in [0.25, 0.3) is 0 Å². The van der Waals surface area contributed by atoms with Crippen LogP contribution < -0.4 is 0 Å². The summed E-state index contributed by atoms with van der Waals surface area (Å²) in [5.74, 6) is 0. The molecule has 0 aliphatic heterocycles. The molecule has 0 saturated carbocycles. The molecule has 1 aromatic carbocycles. The first-order valence-electron chi connectivity index (χ1n) is 4.93. The van der Waals surface area contributed by atoms with Crippen LogP contribution in [0.2, 0.25) is 0 Å². The fourth-order valence-electron chi connectivity index (χ4n) is 1.37. The molecule has 2 N–H and O–H groups in total. The van der Waals surface area contributed by atoms with Crippen LogP contribution in [0.5, 0.6) is 0 Å². The van der Waals surface area contributed by atoms with E-state index in [9.17, 15) is 5.11 Å². The predicted molar refractivity (Wildman–Crippen MR) is 57.2 cm³/mol. The monoisotopic (exact) mass is 194 g/mol. The smallest absolute Gasteiger partial charge is 0.0852 e. The number of benzene rings is 1. The minimum atomic E-state index is -0.956. The van der Waals surface area contributed by atoms with Gasteiger partial charge in [-0.2, -0.15) is 0 Å². The van der Waals surface area contributed by atoms with Crippen LogP contribution in [0.1, 0.15) is 24.5 Å². The summed E-state index contributed by atoms with van der Waals surface area (Å²) in [6.45, 7) is 3.53. The highest BCUT2D eigenvalue weighted by molar-refractivity contribution is 5.25. The predicted octanol–water partition coefficient (Wildman–Crippen LogP) is 1.67. The molecule has 0 amide bonds. The molecule has 1 unspecified atom stereocenters. The summed E-state index contributed by atoms with van der Waals surface area (Å²) in [7, 11) is 0. The summed E-state index contributed by atoms with van der Waals surface area (Å²) < 4.78 is 0.